The monoisotopic (exact) mass is 220 g/mol. The highest BCUT2D eigenvalue weighted by atomic mass is 16.6. The van der Waals surface area contributed by atoms with E-state index in [-0.39, 0.29) is 11.7 Å². The summed E-state index contributed by atoms with van der Waals surface area (Å²) in [4.78, 5) is 0. The Morgan fingerprint density at radius 2 is 2.00 bits per heavy atom. The van der Waals surface area contributed by atoms with Crippen LogP contribution in [0.2, 0.25) is 0 Å². The van der Waals surface area contributed by atoms with Crippen molar-refractivity contribution in [1.82, 2.24) is 0 Å². The lowest BCUT2D eigenvalue weighted by atomic mass is 10.1. The summed E-state index contributed by atoms with van der Waals surface area (Å²) in [6.07, 6.45) is 2.46. The van der Waals surface area contributed by atoms with Gasteiger partial charge in [0.1, 0.15) is 12.4 Å². The molecule has 0 amide bonds. The quantitative estimate of drug-likeness (QED) is 0.778. The number of hydrogen-bond acceptors (Lipinski definition) is 2. The van der Waals surface area contributed by atoms with Gasteiger partial charge in [-0.1, -0.05) is 17.7 Å². The topological polar surface area (TPSA) is 18.5 Å². The minimum absolute atomic E-state index is 0.0291. The van der Waals surface area contributed by atoms with E-state index in [2.05, 4.69) is 32.9 Å². The van der Waals surface area contributed by atoms with Crippen molar-refractivity contribution in [3.8, 4) is 5.75 Å². The second kappa shape index (κ2) is 4.46. The third-order valence-corrected chi connectivity index (χ3v) is 3.01. The highest BCUT2D eigenvalue weighted by molar-refractivity contribution is 5.26. The fraction of sp³-hybridized carbons (Fsp3) is 0.571. The highest BCUT2D eigenvalue weighted by Gasteiger charge is 2.31. The summed E-state index contributed by atoms with van der Waals surface area (Å²) in [6.45, 7) is 7.01. The molecule has 1 aliphatic heterocycles. The molecule has 0 aromatic heterocycles. The summed E-state index contributed by atoms with van der Waals surface area (Å²) in [5.41, 5.74) is 1.28. The summed E-state index contributed by atoms with van der Waals surface area (Å²) in [5.74, 6) is 0.930. The van der Waals surface area contributed by atoms with Gasteiger partial charge in [-0.15, -0.1) is 0 Å². The van der Waals surface area contributed by atoms with Gasteiger partial charge in [0.15, 0.2) is 0 Å². The van der Waals surface area contributed by atoms with Gasteiger partial charge in [-0.25, -0.2) is 0 Å². The molecule has 0 bridgehead atoms. The fourth-order valence-corrected chi connectivity index (χ4v) is 2.02. The van der Waals surface area contributed by atoms with E-state index in [1.54, 1.807) is 0 Å². The number of rotatable bonds is 3. The van der Waals surface area contributed by atoms with Gasteiger partial charge in [-0.05, 0) is 45.7 Å². The first-order chi connectivity index (χ1) is 7.55. The molecule has 1 aromatic rings. The van der Waals surface area contributed by atoms with Gasteiger partial charge >= 0.3 is 0 Å². The second-order valence-electron chi connectivity index (χ2n) is 5.16. The van der Waals surface area contributed by atoms with Crippen LogP contribution in [-0.4, -0.2) is 18.3 Å². The summed E-state index contributed by atoms with van der Waals surface area (Å²) < 4.78 is 11.6. The van der Waals surface area contributed by atoms with Crippen molar-refractivity contribution in [2.75, 3.05) is 6.61 Å². The Hall–Kier alpha value is -1.02. The molecule has 0 N–H and O–H groups in total. The number of benzene rings is 1. The molecule has 1 unspecified atom stereocenters. The van der Waals surface area contributed by atoms with Crippen LogP contribution in [0.1, 0.15) is 32.3 Å². The predicted octanol–water partition coefficient (Wildman–Crippen LogP) is 3.33. The van der Waals surface area contributed by atoms with Gasteiger partial charge in [0, 0.05) is 0 Å². The Labute approximate surface area is 97.6 Å². The minimum Gasteiger partial charge on any atom is -0.491 e. The summed E-state index contributed by atoms with van der Waals surface area (Å²) in [5, 5.41) is 0. The number of aryl methyl sites for hydroxylation is 1. The molecule has 2 rings (SSSR count). The summed E-state index contributed by atoms with van der Waals surface area (Å²) in [6, 6.07) is 8.15. The van der Waals surface area contributed by atoms with Crippen molar-refractivity contribution >= 4 is 0 Å². The highest BCUT2D eigenvalue weighted by Crippen LogP contribution is 2.29. The molecule has 1 fully saturated rings. The Morgan fingerprint density at radius 1 is 1.31 bits per heavy atom. The van der Waals surface area contributed by atoms with Gasteiger partial charge < -0.3 is 9.47 Å². The molecule has 0 radical (unpaired) electrons. The maximum absolute atomic E-state index is 5.87. The van der Waals surface area contributed by atoms with Crippen molar-refractivity contribution in [2.45, 2.75) is 45.3 Å². The van der Waals surface area contributed by atoms with Crippen molar-refractivity contribution in [1.29, 1.82) is 0 Å². The SMILES string of the molecule is Cc1ccc(OCC2CCC(C)(C)O2)cc1. The zero-order valence-electron chi connectivity index (χ0n) is 10.3. The third kappa shape index (κ3) is 2.99. The number of ether oxygens (including phenoxy) is 2. The molecular formula is C14H20O2. The molecule has 1 saturated heterocycles. The van der Waals surface area contributed by atoms with Gasteiger partial charge in [0.2, 0.25) is 0 Å². The van der Waals surface area contributed by atoms with E-state index in [1.165, 1.54) is 5.56 Å². The van der Waals surface area contributed by atoms with Gasteiger partial charge in [-0.2, -0.15) is 0 Å². The van der Waals surface area contributed by atoms with Crippen LogP contribution >= 0.6 is 0 Å². The Morgan fingerprint density at radius 3 is 2.56 bits per heavy atom. The van der Waals surface area contributed by atoms with E-state index in [4.69, 9.17) is 9.47 Å². The molecule has 2 nitrogen and oxygen atoms in total. The van der Waals surface area contributed by atoms with Crippen molar-refractivity contribution in [3.63, 3.8) is 0 Å². The molecule has 16 heavy (non-hydrogen) atoms. The van der Waals surface area contributed by atoms with E-state index in [1.807, 2.05) is 12.1 Å². The minimum atomic E-state index is 0.0291. The maximum atomic E-state index is 5.87. The summed E-state index contributed by atoms with van der Waals surface area (Å²) in [7, 11) is 0. The predicted molar refractivity (Wildman–Crippen MR) is 64.9 cm³/mol. The average Bonchev–Trinajstić information content (AvgIpc) is 2.58. The van der Waals surface area contributed by atoms with Gasteiger partial charge in [-0.3, -0.25) is 0 Å². The van der Waals surface area contributed by atoms with Crippen LogP contribution in [0.5, 0.6) is 5.75 Å². The molecule has 0 aliphatic carbocycles. The van der Waals surface area contributed by atoms with Crippen LogP contribution in [0.3, 0.4) is 0 Å². The average molecular weight is 220 g/mol. The fourth-order valence-electron chi connectivity index (χ4n) is 2.02. The first kappa shape index (κ1) is 11.5. The Bertz CT molecular complexity index is 340. The van der Waals surface area contributed by atoms with E-state index in [0.717, 1.165) is 18.6 Å². The zero-order chi connectivity index (χ0) is 11.6. The van der Waals surface area contributed by atoms with Crippen LogP contribution in [0.4, 0.5) is 0 Å². The lowest BCUT2D eigenvalue weighted by Crippen LogP contribution is -2.23. The molecule has 88 valence electrons. The van der Waals surface area contributed by atoms with E-state index < -0.39 is 0 Å². The molecule has 1 heterocycles. The van der Waals surface area contributed by atoms with E-state index in [0.29, 0.717) is 6.61 Å². The Kier molecular flexibility index (Phi) is 3.20. The summed E-state index contributed by atoms with van der Waals surface area (Å²) >= 11 is 0. The molecule has 0 spiro atoms. The standard InChI is InChI=1S/C14H20O2/c1-11-4-6-12(7-5-11)15-10-13-8-9-14(2,3)16-13/h4-7,13H,8-10H2,1-3H3. The maximum Gasteiger partial charge on any atom is 0.119 e. The van der Waals surface area contributed by atoms with Crippen molar-refractivity contribution in [3.05, 3.63) is 29.8 Å². The van der Waals surface area contributed by atoms with E-state index in [9.17, 15) is 0 Å². The lowest BCUT2D eigenvalue weighted by Gasteiger charge is -2.19. The molecule has 0 saturated carbocycles. The third-order valence-electron chi connectivity index (χ3n) is 3.01. The second-order valence-corrected chi connectivity index (χ2v) is 5.16. The molecule has 2 heteroatoms. The first-order valence-electron chi connectivity index (χ1n) is 5.92. The van der Waals surface area contributed by atoms with Gasteiger partial charge in [0.05, 0.1) is 11.7 Å². The van der Waals surface area contributed by atoms with Crippen LogP contribution < -0.4 is 4.74 Å². The van der Waals surface area contributed by atoms with Crippen molar-refractivity contribution < 1.29 is 9.47 Å². The zero-order valence-corrected chi connectivity index (χ0v) is 10.3. The smallest absolute Gasteiger partial charge is 0.119 e. The molecule has 1 aliphatic rings. The normalized spacial score (nSPS) is 23.3. The molecular weight excluding hydrogens is 200 g/mol. The Balaban J connectivity index is 1.82. The van der Waals surface area contributed by atoms with Gasteiger partial charge in [0.25, 0.3) is 0 Å². The van der Waals surface area contributed by atoms with E-state index >= 15 is 0 Å². The molecule has 1 atom stereocenters. The number of hydrogen-bond donors (Lipinski definition) is 0. The first-order valence-corrected chi connectivity index (χ1v) is 5.92. The largest absolute Gasteiger partial charge is 0.491 e. The van der Waals surface area contributed by atoms with Crippen molar-refractivity contribution in [2.24, 2.45) is 0 Å². The van der Waals surface area contributed by atoms with Crippen LogP contribution in [0, 0.1) is 6.92 Å². The van der Waals surface area contributed by atoms with Crippen LogP contribution in [-0.2, 0) is 4.74 Å². The molecule has 1 aromatic carbocycles. The van der Waals surface area contributed by atoms with Crippen LogP contribution in [0.15, 0.2) is 24.3 Å². The lowest BCUT2D eigenvalue weighted by molar-refractivity contribution is -0.0326. The van der Waals surface area contributed by atoms with Crippen LogP contribution in [0.25, 0.3) is 0 Å².